The van der Waals surface area contributed by atoms with Crippen LogP contribution in [0.5, 0.6) is 0 Å². The van der Waals surface area contributed by atoms with Crippen LogP contribution in [0.25, 0.3) is 0 Å². The molecule has 0 aliphatic heterocycles. The molecule has 0 aromatic heterocycles. The summed E-state index contributed by atoms with van der Waals surface area (Å²) in [6.45, 7) is 15.9. The molecule has 2 unspecified atom stereocenters. The third-order valence-electron chi connectivity index (χ3n) is 3.55. The fraction of sp³-hybridized carbons (Fsp3) is 1.00. The lowest BCUT2D eigenvalue weighted by atomic mass is 9.86. The Balaban J connectivity index is 4.02. The topological polar surface area (TPSA) is 15.3 Å². The Morgan fingerprint density at radius 3 is 2.13 bits per heavy atom. The van der Waals surface area contributed by atoms with Gasteiger partial charge >= 0.3 is 0 Å². The minimum Gasteiger partial charge on any atom is -0.317 e. The van der Waals surface area contributed by atoms with Crippen LogP contribution in [-0.4, -0.2) is 37.1 Å². The van der Waals surface area contributed by atoms with Gasteiger partial charge in [0.1, 0.15) is 0 Å². The Labute approximate surface area is 96.4 Å². The molecule has 0 aliphatic carbocycles. The normalized spacial score (nSPS) is 16.8. The highest BCUT2D eigenvalue weighted by atomic mass is 15.2. The lowest BCUT2D eigenvalue weighted by molar-refractivity contribution is 0.100. The molecular formula is C13H30N2. The first-order valence-corrected chi connectivity index (χ1v) is 6.23. The van der Waals surface area contributed by atoms with E-state index in [4.69, 9.17) is 0 Å². The van der Waals surface area contributed by atoms with Crippen LogP contribution in [-0.2, 0) is 0 Å². The van der Waals surface area contributed by atoms with Gasteiger partial charge in [-0.05, 0) is 45.8 Å². The van der Waals surface area contributed by atoms with Crippen LogP contribution in [0, 0.1) is 5.41 Å². The third-order valence-corrected chi connectivity index (χ3v) is 3.55. The van der Waals surface area contributed by atoms with Crippen molar-refractivity contribution in [1.82, 2.24) is 10.2 Å². The molecule has 0 spiro atoms. The maximum atomic E-state index is 3.39. The summed E-state index contributed by atoms with van der Waals surface area (Å²) in [5, 5.41) is 3.39. The standard InChI is InChI=1S/C13H30N2/c1-8-14-10-9-11(2)15(7)12(3)13(4,5)6/h11-12,14H,8-10H2,1-7H3. The number of hydrogen-bond acceptors (Lipinski definition) is 2. The molecule has 0 rings (SSSR count). The lowest BCUT2D eigenvalue weighted by Crippen LogP contribution is -2.45. The zero-order chi connectivity index (χ0) is 12.1. The summed E-state index contributed by atoms with van der Waals surface area (Å²) in [4.78, 5) is 2.50. The van der Waals surface area contributed by atoms with Gasteiger partial charge in [0.2, 0.25) is 0 Å². The summed E-state index contributed by atoms with van der Waals surface area (Å²) >= 11 is 0. The van der Waals surface area contributed by atoms with Gasteiger partial charge < -0.3 is 10.2 Å². The SMILES string of the molecule is CCNCCC(C)N(C)C(C)C(C)(C)C. The Morgan fingerprint density at radius 1 is 1.20 bits per heavy atom. The Hall–Kier alpha value is -0.0800. The van der Waals surface area contributed by atoms with Crippen LogP contribution in [0.15, 0.2) is 0 Å². The van der Waals surface area contributed by atoms with E-state index in [-0.39, 0.29) is 0 Å². The van der Waals surface area contributed by atoms with Crippen molar-refractivity contribution < 1.29 is 0 Å². The highest BCUT2D eigenvalue weighted by molar-refractivity contribution is 4.80. The van der Waals surface area contributed by atoms with Crippen LogP contribution in [0.4, 0.5) is 0 Å². The Morgan fingerprint density at radius 2 is 1.73 bits per heavy atom. The molecule has 2 atom stereocenters. The zero-order valence-electron chi connectivity index (χ0n) is 11.7. The van der Waals surface area contributed by atoms with Gasteiger partial charge in [-0.2, -0.15) is 0 Å². The second-order valence-corrected chi connectivity index (χ2v) is 5.70. The molecule has 0 aromatic rings. The average molecular weight is 214 g/mol. The summed E-state index contributed by atoms with van der Waals surface area (Å²) in [6, 6.07) is 1.27. The van der Waals surface area contributed by atoms with Gasteiger partial charge in [0.05, 0.1) is 0 Å². The summed E-state index contributed by atoms with van der Waals surface area (Å²) in [5.41, 5.74) is 0.362. The largest absolute Gasteiger partial charge is 0.317 e. The number of rotatable bonds is 6. The van der Waals surface area contributed by atoms with E-state index < -0.39 is 0 Å². The summed E-state index contributed by atoms with van der Waals surface area (Å²) in [6.07, 6.45) is 1.23. The van der Waals surface area contributed by atoms with E-state index in [1.165, 1.54) is 6.42 Å². The predicted octanol–water partition coefficient (Wildman–Crippen LogP) is 2.74. The molecular weight excluding hydrogens is 184 g/mol. The minimum absolute atomic E-state index is 0.362. The maximum absolute atomic E-state index is 3.39. The fourth-order valence-corrected chi connectivity index (χ4v) is 1.68. The molecule has 2 heteroatoms. The van der Waals surface area contributed by atoms with Gasteiger partial charge in [-0.25, -0.2) is 0 Å². The van der Waals surface area contributed by atoms with E-state index in [9.17, 15) is 0 Å². The third kappa shape index (κ3) is 5.53. The molecule has 92 valence electrons. The zero-order valence-corrected chi connectivity index (χ0v) is 11.7. The Bertz CT molecular complexity index is 160. The van der Waals surface area contributed by atoms with Crippen molar-refractivity contribution in [2.24, 2.45) is 5.41 Å². The van der Waals surface area contributed by atoms with Crippen LogP contribution in [0.1, 0.15) is 48.0 Å². The lowest BCUT2D eigenvalue weighted by Gasteiger charge is -2.39. The van der Waals surface area contributed by atoms with Crippen LogP contribution in [0.2, 0.25) is 0 Å². The first kappa shape index (κ1) is 14.9. The second-order valence-electron chi connectivity index (χ2n) is 5.70. The number of nitrogens with one attached hydrogen (secondary N) is 1. The molecule has 1 N–H and O–H groups in total. The van der Waals surface area contributed by atoms with Crippen LogP contribution in [0.3, 0.4) is 0 Å². The van der Waals surface area contributed by atoms with Crippen molar-refractivity contribution in [3.63, 3.8) is 0 Å². The van der Waals surface area contributed by atoms with Gasteiger partial charge in [0, 0.05) is 12.1 Å². The Kier molecular flexibility index (Phi) is 6.46. The van der Waals surface area contributed by atoms with Crippen molar-refractivity contribution in [2.75, 3.05) is 20.1 Å². The summed E-state index contributed by atoms with van der Waals surface area (Å²) in [7, 11) is 2.24. The maximum Gasteiger partial charge on any atom is 0.0115 e. The molecule has 0 fully saturated rings. The number of hydrogen-bond donors (Lipinski definition) is 1. The first-order chi connectivity index (χ1) is 6.80. The van der Waals surface area contributed by atoms with Gasteiger partial charge in [-0.3, -0.25) is 0 Å². The van der Waals surface area contributed by atoms with Crippen molar-refractivity contribution in [1.29, 1.82) is 0 Å². The number of nitrogens with zero attached hydrogens (tertiary/aromatic N) is 1. The molecule has 0 saturated heterocycles. The van der Waals surface area contributed by atoms with Gasteiger partial charge in [-0.15, -0.1) is 0 Å². The highest BCUT2D eigenvalue weighted by Gasteiger charge is 2.26. The predicted molar refractivity (Wildman–Crippen MR) is 69.3 cm³/mol. The molecule has 0 radical (unpaired) electrons. The molecule has 15 heavy (non-hydrogen) atoms. The van der Waals surface area contributed by atoms with Crippen molar-refractivity contribution in [3.8, 4) is 0 Å². The van der Waals surface area contributed by atoms with Crippen molar-refractivity contribution >= 4 is 0 Å². The smallest absolute Gasteiger partial charge is 0.0115 e. The minimum atomic E-state index is 0.362. The molecule has 0 aromatic carbocycles. The van der Waals surface area contributed by atoms with Gasteiger partial charge in [-0.1, -0.05) is 27.7 Å². The molecule has 0 saturated carbocycles. The second kappa shape index (κ2) is 6.49. The quantitative estimate of drug-likeness (QED) is 0.684. The monoisotopic (exact) mass is 214 g/mol. The molecule has 0 bridgehead atoms. The van der Waals surface area contributed by atoms with E-state index >= 15 is 0 Å². The van der Waals surface area contributed by atoms with E-state index in [1.807, 2.05) is 0 Å². The van der Waals surface area contributed by atoms with Crippen molar-refractivity contribution in [3.05, 3.63) is 0 Å². The van der Waals surface area contributed by atoms with E-state index in [2.05, 4.69) is 58.8 Å². The molecule has 2 nitrogen and oxygen atoms in total. The van der Waals surface area contributed by atoms with Gasteiger partial charge in [0.15, 0.2) is 0 Å². The average Bonchev–Trinajstić information content (AvgIpc) is 2.14. The summed E-state index contributed by atoms with van der Waals surface area (Å²) < 4.78 is 0. The van der Waals surface area contributed by atoms with E-state index in [1.54, 1.807) is 0 Å². The van der Waals surface area contributed by atoms with Crippen molar-refractivity contribution in [2.45, 2.75) is 60.0 Å². The summed E-state index contributed by atoms with van der Waals surface area (Å²) in [5.74, 6) is 0. The molecule has 0 amide bonds. The van der Waals surface area contributed by atoms with Crippen LogP contribution >= 0.6 is 0 Å². The highest BCUT2D eigenvalue weighted by Crippen LogP contribution is 2.24. The van der Waals surface area contributed by atoms with E-state index in [0.717, 1.165) is 13.1 Å². The fourth-order valence-electron chi connectivity index (χ4n) is 1.68. The molecule has 0 aliphatic rings. The molecule has 0 heterocycles. The first-order valence-electron chi connectivity index (χ1n) is 6.23. The van der Waals surface area contributed by atoms with Gasteiger partial charge in [0.25, 0.3) is 0 Å². The van der Waals surface area contributed by atoms with Crippen LogP contribution < -0.4 is 5.32 Å². The van der Waals surface area contributed by atoms with E-state index in [0.29, 0.717) is 17.5 Å².